The number of nitrogens with one attached hydrogen (secondary N) is 1. The maximum absolute atomic E-state index is 13.2. The Morgan fingerprint density at radius 2 is 1.87 bits per heavy atom. The number of nitrogens with zero attached hydrogens (tertiary/aromatic N) is 2. The van der Waals surface area contributed by atoms with E-state index in [-0.39, 0.29) is 41.7 Å². The van der Waals surface area contributed by atoms with E-state index in [0.29, 0.717) is 43.6 Å². The lowest BCUT2D eigenvalue weighted by atomic mass is 10.1. The summed E-state index contributed by atoms with van der Waals surface area (Å²) < 4.78 is 39.5. The molecule has 2 heterocycles. The molecule has 0 saturated carbocycles. The largest absolute Gasteiger partial charge is 0.416 e. The number of anilines is 1. The number of carbonyl (C=O) groups is 3. The molecule has 2 aliphatic rings. The van der Waals surface area contributed by atoms with Gasteiger partial charge in [0.1, 0.15) is 0 Å². The molecule has 2 saturated heterocycles. The maximum Gasteiger partial charge on any atom is 0.416 e. The average molecular weight is 465 g/mol. The summed E-state index contributed by atoms with van der Waals surface area (Å²) in [6, 6.07) is 3.30. The molecule has 0 spiro atoms. The molecule has 0 aliphatic carbocycles. The van der Waals surface area contributed by atoms with Crippen molar-refractivity contribution in [3.63, 3.8) is 0 Å². The Morgan fingerprint density at radius 1 is 1.20 bits per heavy atom. The van der Waals surface area contributed by atoms with Crippen molar-refractivity contribution in [2.45, 2.75) is 12.6 Å². The summed E-state index contributed by atoms with van der Waals surface area (Å²) in [4.78, 5) is 38.7. The molecule has 7 nitrogen and oxygen atoms in total. The lowest BCUT2D eigenvalue weighted by Crippen LogP contribution is -2.49. The molecule has 3 rings (SSSR count). The number of imide groups is 1. The lowest BCUT2D eigenvalue weighted by molar-refractivity contribution is -0.137. The Kier molecular flexibility index (Phi) is 7.78. The third kappa shape index (κ3) is 5.46. The zero-order chi connectivity index (χ0) is 21.2. The molecule has 1 aromatic rings. The zero-order valence-electron chi connectivity index (χ0n) is 15.7. The van der Waals surface area contributed by atoms with Crippen molar-refractivity contribution < 1.29 is 27.6 Å². The van der Waals surface area contributed by atoms with Crippen LogP contribution in [0.1, 0.15) is 17.5 Å². The van der Waals surface area contributed by atoms with Crippen LogP contribution < -0.4 is 16.0 Å². The first-order valence-corrected chi connectivity index (χ1v) is 9.69. The van der Waals surface area contributed by atoms with Gasteiger partial charge in [0.05, 0.1) is 10.5 Å². The minimum Gasteiger partial charge on any atom is -0.367 e. The number of hydrogen-bond acceptors (Lipinski definition) is 6. The molecule has 0 atom stereocenters. The quantitative estimate of drug-likeness (QED) is 0.664. The van der Waals surface area contributed by atoms with Gasteiger partial charge in [0, 0.05) is 44.8 Å². The molecule has 1 aromatic carbocycles. The van der Waals surface area contributed by atoms with Crippen LogP contribution in [-0.4, -0.2) is 54.7 Å². The van der Waals surface area contributed by atoms with Gasteiger partial charge in [-0.2, -0.15) is 13.2 Å². The van der Waals surface area contributed by atoms with E-state index < -0.39 is 22.9 Å². The summed E-state index contributed by atoms with van der Waals surface area (Å²) >= 11 is 0.644. The molecular weight excluding hydrogens is 445 g/mol. The first-order chi connectivity index (χ1) is 13.7. The minimum atomic E-state index is -4.54. The van der Waals surface area contributed by atoms with Crippen molar-refractivity contribution in [3.8, 4) is 0 Å². The Labute approximate surface area is 181 Å². The van der Waals surface area contributed by atoms with Crippen molar-refractivity contribution in [1.82, 2.24) is 10.2 Å². The summed E-state index contributed by atoms with van der Waals surface area (Å²) in [6.45, 7) is 1.95. The molecule has 2 fully saturated rings. The Morgan fingerprint density at radius 3 is 2.40 bits per heavy atom. The first-order valence-electron chi connectivity index (χ1n) is 8.88. The van der Waals surface area contributed by atoms with E-state index in [0.717, 1.165) is 12.1 Å². The Hall–Kier alpha value is -2.24. The molecular formula is C18H20ClF3N4O3S. The first kappa shape index (κ1) is 24.0. The van der Waals surface area contributed by atoms with E-state index in [1.165, 1.54) is 12.1 Å². The molecule has 2 aliphatic heterocycles. The number of benzene rings is 1. The van der Waals surface area contributed by atoms with Gasteiger partial charge in [-0.1, -0.05) is 0 Å². The van der Waals surface area contributed by atoms with Crippen LogP contribution >= 0.6 is 24.2 Å². The SMILES string of the molecule is Cl.NCCC(=O)N1CCN(c2ccc(C(F)(F)F)cc2C=C2SC(=O)NC2=O)CC1. The van der Waals surface area contributed by atoms with Crippen molar-refractivity contribution in [1.29, 1.82) is 0 Å². The highest BCUT2D eigenvalue weighted by atomic mass is 35.5. The third-order valence-electron chi connectivity index (χ3n) is 4.61. The van der Waals surface area contributed by atoms with Crippen LogP contribution in [0.2, 0.25) is 0 Å². The number of hydrogen-bond donors (Lipinski definition) is 2. The molecule has 0 aromatic heterocycles. The average Bonchev–Trinajstić information content (AvgIpc) is 2.98. The van der Waals surface area contributed by atoms with Crippen molar-refractivity contribution >= 4 is 53.0 Å². The minimum absolute atomic E-state index is 0. The van der Waals surface area contributed by atoms with E-state index in [4.69, 9.17) is 5.73 Å². The van der Waals surface area contributed by atoms with E-state index in [2.05, 4.69) is 5.32 Å². The van der Waals surface area contributed by atoms with E-state index >= 15 is 0 Å². The van der Waals surface area contributed by atoms with E-state index in [1.807, 2.05) is 4.90 Å². The number of amides is 3. The number of nitrogens with two attached hydrogens (primary N) is 1. The molecule has 30 heavy (non-hydrogen) atoms. The molecule has 0 unspecified atom stereocenters. The predicted octanol–water partition coefficient (Wildman–Crippen LogP) is 2.45. The van der Waals surface area contributed by atoms with E-state index in [9.17, 15) is 27.6 Å². The van der Waals surface area contributed by atoms with Crippen molar-refractivity contribution in [3.05, 3.63) is 34.2 Å². The second-order valence-corrected chi connectivity index (χ2v) is 7.54. The van der Waals surface area contributed by atoms with Crippen LogP contribution in [0.4, 0.5) is 23.7 Å². The smallest absolute Gasteiger partial charge is 0.367 e. The normalized spacial score (nSPS) is 18.5. The number of piperazine rings is 1. The van der Waals surface area contributed by atoms with Crippen LogP contribution in [0.15, 0.2) is 23.1 Å². The highest BCUT2D eigenvalue weighted by molar-refractivity contribution is 8.18. The van der Waals surface area contributed by atoms with Crippen LogP contribution in [0, 0.1) is 0 Å². The number of thioether (sulfide) groups is 1. The second kappa shape index (κ2) is 9.71. The Bertz CT molecular complexity index is 871. The van der Waals surface area contributed by atoms with Crippen molar-refractivity contribution in [2.75, 3.05) is 37.6 Å². The third-order valence-corrected chi connectivity index (χ3v) is 5.43. The van der Waals surface area contributed by atoms with Gasteiger partial charge >= 0.3 is 6.18 Å². The van der Waals surface area contributed by atoms with Crippen LogP contribution in [0.25, 0.3) is 6.08 Å². The monoisotopic (exact) mass is 464 g/mol. The molecule has 0 bridgehead atoms. The fourth-order valence-corrected chi connectivity index (χ4v) is 3.85. The lowest BCUT2D eigenvalue weighted by Gasteiger charge is -2.37. The highest BCUT2D eigenvalue weighted by Gasteiger charge is 2.32. The van der Waals surface area contributed by atoms with Gasteiger partial charge in [-0.3, -0.25) is 19.7 Å². The highest BCUT2D eigenvalue weighted by Crippen LogP contribution is 2.36. The summed E-state index contributed by atoms with van der Waals surface area (Å²) in [5, 5.41) is 1.52. The molecule has 164 valence electrons. The number of halogens is 4. The van der Waals surface area contributed by atoms with Crippen LogP contribution in [0.3, 0.4) is 0 Å². The summed E-state index contributed by atoms with van der Waals surface area (Å²) in [6.07, 6.45) is -3.00. The van der Waals surface area contributed by atoms with Gasteiger partial charge in [0.15, 0.2) is 0 Å². The van der Waals surface area contributed by atoms with Gasteiger partial charge in [0.2, 0.25) is 5.91 Å². The van der Waals surface area contributed by atoms with Gasteiger partial charge in [-0.15, -0.1) is 12.4 Å². The van der Waals surface area contributed by atoms with Gasteiger partial charge in [-0.25, -0.2) is 0 Å². The number of alkyl halides is 3. The zero-order valence-corrected chi connectivity index (χ0v) is 17.3. The Balaban J connectivity index is 0.00000320. The summed E-state index contributed by atoms with van der Waals surface area (Å²) in [5.74, 6) is -0.694. The summed E-state index contributed by atoms with van der Waals surface area (Å²) in [5.41, 5.74) is 5.25. The molecule has 3 amide bonds. The maximum atomic E-state index is 13.2. The predicted molar refractivity (Wildman–Crippen MR) is 110 cm³/mol. The number of rotatable bonds is 4. The van der Waals surface area contributed by atoms with Gasteiger partial charge < -0.3 is 15.5 Å². The molecule has 0 radical (unpaired) electrons. The topological polar surface area (TPSA) is 95.7 Å². The molecule has 12 heteroatoms. The van der Waals surface area contributed by atoms with Crippen LogP contribution in [-0.2, 0) is 15.8 Å². The second-order valence-electron chi connectivity index (χ2n) is 6.53. The molecule has 3 N–H and O–H groups in total. The van der Waals surface area contributed by atoms with E-state index in [1.54, 1.807) is 4.90 Å². The number of carbonyl (C=O) groups excluding carboxylic acids is 3. The van der Waals surface area contributed by atoms with Gasteiger partial charge in [0.25, 0.3) is 11.1 Å². The van der Waals surface area contributed by atoms with Gasteiger partial charge in [-0.05, 0) is 41.6 Å². The van der Waals surface area contributed by atoms with Crippen LogP contribution in [0.5, 0.6) is 0 Å². The van der Waals surface area contributed by atoms with Crippen molar-refractivity contribution in [2.24, 2.45) is 5.73 Å². The standard InChI is InChI=1S/C18H19F3N4O3S.ClH/c19-18(20,21)12-1-2-13(11(9-12)10-14-16(27)23-17(28)29-14)24-5-7-25(8-6-24)15(26)3-4-22;/h1-2,9-10H,3-8,22H2,(H,23,27,28);1H. The summed E-state index contributed by atoms with van der Waals surface area (Å²) in [7, 11) is 0. The fraction of sp³-hybridized carbons (Fsp3) is 0.389. The fourth-order valence-electron chi connectivity index (χ4n) is 3.18.